The normalized spacial score (nSPS) is 13.3. The van der Waals surface area contributed by atoms with E-state index in [0.717, 1.165) is 15.9 Å². The van der Waals surface area contributed by atoms with Crippen molar-refractivity contribution in [3.8, 4) is 0 Å². The van der Waals surface area contributed by atoms with Crippen LogP contribution in [0.5, 0.6) is 0 Å². The van der Waals surface area contributed by atoms with E-state index in [1.165, 1.54) is 0 Å². The van der Waals surface area contributed by atoms with Crippen LogP contribution in [0.15, 0.2) is 4.47 Å². The van der Waals surface area contributed by atoms with E-state index >= 15 is 0 Å². The molecule has 1 rings (SSSR count). The molecule has 1 unspecified atom stereocenters. The van der Waals surface area contributed by atoms with Gasteiger partial charge in [-0.3, -0.25) is 4.68 Å². The number of hydrogen-bond donors (Lipinski definition) is 1. The molecule has 0 saturated carbocycles. The number of rotatable bonds is 3. The summed E-state index contributed by atoms with van der Waals surface area (Å²) in [7, 11) is 0. The molecule has 1 heterocycles. The first-order valence-electron chi connectivity index (χ1n) is 3.99. The Bertz CT molecular complexity index is 299. The molecule has 5 heteroatoms. The van der Waals surface area contributed by atoms with Gasteiger partial charge in [-0.15, -0.1) is 0 Å². The lowest BCUT2D eigenvalue weighted by atomic mass is 10.4. The summed E-state index contributed by atoms with van der Waals surface area (Å²) < 4.78 is 2.83. The zero-order valence-electron chi connectivity index (χ0n) is 7.59. The molecule has 0 spiro atoms. The number of hydrogen-bond acceptors (Lipinski definition) is 2. The molecule has 0 radical (unpaired) electrons. The Kier molecular flexibility index (Phi) is 3.94. The number of aliphatic hydroxyl groups excluding tert-OH is 1. The van der Waals surface area contributed by atoms with Crippen LogP contribution >= 0.6 is 31.9 Å². The summed E-state index contributed by atoms with van der Waals surface area (Å²) in [6, 6.07) is 0. The van der Waals surface area contributed by atoms with Gasteiger partial charge in [-0.2, -0.15) is 5.10 Å². The Morgan fingerprint density at radius 2 is 2.15 bits per heavy atom. The number of aryl methyl sites for hydroxylation is 1. The standard InChI is InChI=1S/C8H12Br2N2O/c1-5-8(10)6(2)12(11-5)4-7(13)3-9/h7,13H,3-4H2,1-2H3. The summed E-state index contributed by atoms with van der Waals surface area (Å²) in [5.41, 5.74) is 2.01. The summed E-state index contributed by atoms with van der Waals surface area (Å²) in [5.74, 6) is 0. The third-order valence-corrected chi connectivity index (χ3v) is 3.75. The number of halogens is 2. The van der Waals surface area contributed by atoms with Gasteiger partial charge in [-0.05, 0) is 29.8 Å². The van der Waals surface area contributed by atoms with Crippen molar-refractivity contribution < 1.29 is 5.11 Å². The van der Waals surface area contributed by atoms with Gasteiger partial charge in [0.1, 0.15) is 0 Å². The topological polar surface area (TPSA) is 38.0 Å². The predicted molar refractivity (Wildman–Crippen MR) is 59.2 cm³/mol. The molecular weight excluding hydrogens is 300 g/mol. The molecule has 1 N–H and O–H groups in total. The van der Waals surface area contributed by atoms with Crippen LogP contribution in [-0.2, 0) is 6.54 Å². The Labute approximate surface area is 94.4 Å². The molecule has 0 saturated heterocycles. The number of alkyl halides is 1. The highest BCUT2D eigenvalue weighted by Crippen LogP contribution is 2.19. The van der Waals surface area contributed by atoms with Crippen molar-refractivity contribution in [3.63, 3.8) is 0 Å². The van der Waals surface area contributed by atoms with Crippen molar-refractivity contribution in [2.45, 2.75) is 26.5 Å². The molecule has 0 aromatic carbocycles. The first-order valence-corrected chi connectivity index (χ1v) is 5.91. The van der Waals surface area contributed by atoms with Crippen LogP contribution in [0, 0.1) is 13.8 Å². The quantitative estimate of drug-likeness (QED) is 0.867. The Hall–Kier alpha value is 0.130. The molecule has 0 aliphatic carbocycles. The number of aromatic nitrogens is 2. The fraction of sp³-hybridized carbons (Fsp3) is 0.625. The van der Waals surface area contributed by atoms with Crippen LogP contribution in [0.4, 0.5) is 0 Å². The SMILES string of the molecule is Cc1nn(CC(O)CBr)c(C)c1Br. The molecule has 0 aliphatic heterocycles. The summed E-state index contributed by atoms with van der Waals surface area (Å²) in [5, 5.41) is 14.3. The number of nitrogens with zero attached hydrogens (tertiary/aromatic N) is 2. The van der Waals surface area contributed by atoms with Gasteiger partial charge >= 0.3 is 0 Å². The van der Waals surface area contributed by atoms with Crippen LogP contribution in [0.1, 0.15) is 11.4 Å². The van der Waals surface area contributed by atoms with E-state index in [9.17, 15) is 5.11 Å². The molecule has 3 nitrogen and oxygen atoms in total. The third kappa shape index (κ3) is 2.54. The lowest BCUT2D eigenvalue weighted by Crippen LogP contribution is -2.19. The molecule has 1 aromatic heterocycles. The summed E-state index contributed by atoms with van der Waals surface area (Å²) in [6.07, 6.45) is -0.384. The third-order valence-electron chi connectivity index (χ3n) is 1.85. The van der Waals surface area contributed by atoms with Gasteiger partial charge in [0.25, 0.3) is 0 Å². The van der Waals surface area contributed by atoms with Crippen molar-refractivity contribution in [2.75, 3.05) is 5.33 Å². The maximum Gasteiger partial charge on any atom is 0.0832 e. The minimum atomic E-state index is -0.384. The Morgan fingerprint density at radius 1 is 1.54 bits per heavy atom. The van der Waals surface area contributed by atoms with Gasteiger partial charge in [0.15, 0.2) is 0 Å². The zero-order chi connectivity index (χ0) is 10.0. The predicted octanol–water partition coefficient (Wildman–Crippen LogP) is 2.02. The van der Waals surface area contributed by atoms with Gasteiger partial charge < -0.3 is 5.11 Å². The minimum absolute atomic E-state index is 0.384. The molecule has 1 aromatic rings. The highest BCUT2D eigenvalue weighted by molar-refractivity contribution is 9.10. The average Bonchev–Trinajstić information content (AvgIpc) is 2.34. The van der Waals surface area contributed by atoms with Crippen molar-refractivity contribution >= 4 is 31.9 Å². The van der Waals surface area contributed by atoms with Crippen molar-refractivity contribution in [2.24, 2.45) is 0 Å². The van der Waals surface area contributed by atoms with Crippen molar-refractivity contribution in [1.29, 1.82) is 0 Å². The van der Waals surface area contributed by atoms with E-state index in [1.807, 2.05) is 18.5 Å². The van der Waals surface area contributed by atoms with Crippen LogP contribution in [0.25, 0.3) is 0 Å². The maximum absolute atomic E-state index is 9.41. The lowest BCUT2D eigenvalue weighted by Gasteiger charge is -2.08. The highest BCUT2D eigenvalue weighted by atomic mass is 79.9. The summed E-state index contributed by atoms with van der Waals surface area (Å²) in [6.45, 7) is 4.45. The monoisotopic (exact) mass is 310 g/mol. The fourth-order valence-electron chi connectivity index (χ4n) is 1.10. The first kappa shape index (κ1) is 11.2. The molecule has 0 bridgehead atoms. The molecule has 0 aliphatic rings. The van der Waals surface area contributed by atoms with E-state index in [2.05, 4.69) is 37.0 Å². The molecule has 74 valence electrons. The van der Waals surface area contributed by atoms with E-state index in [4.69, 9.17) is 0 Å². The van der Waals surface area contributed by atoms with Gasteiger partial charge in [0.2, 0.25) is 0 Å². The van der Waals surface area contributed by atoms with E-state index in [1.54, 1.807) is 0 Å². The summed E-state index contributed by atoms with van der Waals surface area (Å²) in [4.78, 5) is 0. The smallest absolute Gasteiger partial charge is 0.0832 e. The largest absolute Gasteiger partial charge is 0.390 e. The average molecular weight is 312 g/mol. The van der Waals surface area contributed by atoms with Gasteiger partial charge in [-0.1, -0.05) is 15.9 Å². The van der Waals surface area contributed by atoms with E-state index in [-0.39, 0.29) is 6.10 Å². The fourth-order valence-corrected chi connectivity index (χ4v) is 1.59. The second-order valence-corrected chi connectivity index (χ2v) is 4.42. The lowest BCUT2D eigenvalue weighted by molar-refractivity contribution is 0.173. The number of aliphatic hydroxyl groups is 1. The van der Waals surface area contributed by atoms with Crippen LogP contribution < -0.4 is 0 Å². The molecule has 0 fully saturated rings. The van der Waals surface area contributed by atoms with Gasteiger partial charge in [0, 0.05) is 11.0 Å². The van der Waals surface area contributed by atoms with Crippen LogP contribution in [0.2, 0.25) is 0 Å². The van der Waals surface area contributed by atoms with Crippen LogP contribution in [0.3, 0.4) is 0 Å². The highest BCUT2D eigenvalue weighted by Gasteiger charge is 2.11. The van der Waals surface area contributed by atoms with E-state index in [0.29, 0.717) is 11.9 Å². The van der Waals surface area contributed by atoms with Crippen LogP contribution in [-0.4, -0.2) is 26.3 Å². The minimum Gasteiger partial charge on any atom is -0.390 e. The second-order valence-electron chi connectivity index (χ2n) is 2.98. The second kappa shape index (κ2) is 4.57. The summed E-state index contributed by atoms with van der Waals surface area (Å²) >= 11 is 6.65. The molecule has 13 heavy (non-hydrogen) atoms. The molecular formula is C8H12Br2N2O. The van der Waals surface area contributed by atoms with Gasteiger partial charge in [-0.25, -0.2) is 0 Å². The van der Waals surface area contributed by atoms with Crippen molar-refractivity contribution in [3.05, 3.63) is 15.9 Å². The first-order chi connectivity index (χ1) is 6.06. The van der Waals surface area contributed by atoms with Gasteiger partial charge in [0.05, 0.1) is 22.8 Å². The van der Waals surface area contributed by atoms with E-state index < -0.39 is 0 Å². The molecule has 1 atom stereocenters. The Morgan fingerprint density at radius 3 is 2.54 bits per heavy atom. The maximum atomic E-state index is 9.41. The van der Waals surface area contributed by atoms with Crippen molar-refractivity contribution in [1.82, 2.24) is 9.78 Å². The molecule has 0 amide bonds. The Balaban J connectivity index is 2.83. The zero-order valence-corrected chi connectivity index (χ0v) is 10.8.